The fourth-order valence-corrected chi connectivity index (χ4v) is 3.80. The van der Waals surface area contributed by atoms with Gasteiger partial charge < -0.3 is 25.0 Å². The minimum Gasteiger partial charge on any atom is -0.481 e. The van der Waals surface area contributed by atoms with Crippen molar-refractivity contribution in [2.45, 2.75) is 70.7 Å². The van der Waals surface area contributed by atoms with Crippen LogP contribution in [0.3, 0.4) is 0 Å². The number of amides is 2. The summed E-state index contributed by atoms with van der Waals surface area (Å²) in [6.45, 7) is 9.67. The van der Waals surface area contributed by atoms with Gasteiger partial charge in [-0.2, -0.15) is 0 Å². The Kier molecular flexibility index (Phi) is 5.25. The lowest BCUT2D eigenvalue weighted by Crippen LogP contribution is -2.46. The average Bonchev–Trinajstić information content (AvgIpc) is 2.98. The van der Waals surface area contributed by atoms with Crippen molar-refractivity contribution in [3.63, 3.8) is 0 Å². The zero-order chi connectivity index (χ0) is 21.7. The topological polar surface area (TPSA) is 119 Å². The molecule has 3 N–H and O–H groups in total. The molecule has 2 heterocycles. The summed E-state index contributed by atoms with van der Waals surface area (Å²) in [6, 6.07) is 3.93. The molecule has 2 aliphatic heterocycles. The van der Waals surface area contributed by atoms with E-state index in [-0.39, 0.29) is 18.7 Å². The minimum atomic E-state index is -1.05. The summed E-state index contributed by atoms with van der Waals surface area (Å²) in [5.41, 5.74) is 6.50. The number of primary amides is 1. The van der Waals surface area contributed by atoms with Crippen molar-refractivity contribution in [3.05, 3.63) is 29.3 Å². The van der Waals surface area contributed by atoms with E-state index in [2.05, 4.69) is 0 Å². The van der Waals surface area contributed by atoms with Crippen LogP contribution in [-0.2, 0) is 18.9 Å². The number of fused-ring (bicyclic) bond motifs is 1. The molecule has 1 fully saturated rings. The molecule has 0 bridgehead atoms. The normalized spacial score (nSPS) is 23.2. The summed E-state index contributed by atoms with van der Waals surface area (Å²) in [5, 5.41) is 8.95. The van der Waals surface area contributed by atoms with Gasteiger partial charge in [0.15, 0.2) is 0 Å². The third-order valence-electron chi connectivity index (χ3n) is 6.23. The molecule has 8 nitrogen and oxygen atoms in total. The summed E-state index contributed by atoms with van der Waals surface area (Å²) < 4.78 is 12.2. The second kappa shape index (κ2) is 7.14. The van der Waals surface area contributed by atoms with E-state index in [1.54, 1.807) is 19.1 Å². The van der Waals surface area contributed by atoms with Crippen LogP contribution in [-0.4, -0.2) is 52.2 Å². The summed E-state index contributed by atoms with van der Waals surface area (Å²) in [4.78, 5) is 37.2. The van der Waals surface area contributed by atoms with Gasteiger partial charge in [-0.05, 0) is 58.1 Å². The van der Waals surface area contributed by atoms with Crippen molar-refractivity contribution >= 4 is 30.4 Å². The van der Waals surface area contributed by atoms with E-state index in [4.69, 9.17) is 20.1 Å². The highest BCUT2D eigenvalue weighted by Crippen LogP contribution is 2.38. The Balaban J connectivity index is 1.90. The molecule has 0 spiro atoms. The van der Waals surface area contributed by atoms with Gasteiger partial charge in [0.25, 0.3) is 5.91 Å². The van der Waals surface area contributed by atoms with Crippen LogP contribution in [0.25, 0.3) is 0 Å². The van der Waals surface area contributed by atoms with E-state index in [9.17, 15) is 14.4 Å². The number of aliphatic carboxylic acids is 1. The lowest BCUT2D eigenvalue weighted by Gasteiger charge is -2.32. The summed E-state index contributed by atoms with van der Waals surface area (Å²) in [6.07, 6.45) is -0.279. The highest BCUT2D eigenvalue weighted by Gasteiger charge is 2.52. The molecule has 1 saturated heterocycles. The van der Waals surface area contributed by atoms with Gasteiger partial charge in [0, 0.05) is 12.0 Å². The second-order valence-corrected chi connectivity index (χ2v) is 8.67. The van der Waals surface area contributed by atoms with Gasteiger partial charge in [0.05, 0.1) is 17.2 Å². The van der Waals surface area contributed by atoms with Crippen molar-refractivity contribution in [2.75, 3.05) is 0 Å². The number of carboxylic acid groups (broad SMARTS) is 1. The Morgan fingerprint density at radius 2 is 1.83 bits per heavy atom. The maximum atomic E-state index is 12.9. The number of nitrogens with two attached hydrogens (primary N) is 1. The Morgan fingerprint density at radius 1 is 1.24 bits per heavy atom. The molecule has 2 atom stereocenters. The highest BCUT2D eigenvalue weighted by molar-refractivity contribution is 6.62. The molecule has 3 rings (SSSR count). The van der Waals surface area contributed by atoms with Crippen LogP contribution in [0.15, 0.2) is 18.2 Å². The molecule has 0 saturated carbocycles. The van der Waals surface area contributed by atoms with Gasteiger partial charge in [0.2, 0.25) is 5.91 Å². The fraction of sp³-hybridized carbons (Fsp3) is 0.550. The molecule has 0 aromatic heterocycles. The molecule has 1 aromatic rings. The molecule has 0 aliphatic carbocycles. The summed E-state index contributed by atoms with van der Waals surface area (Å²) in [7, 11) is -0.569. The SMILES string of the molecule is CC1c2cc(B3OC(C)(C)C(C)(C)O3)ccc2C(=O)N1C(CCC(=O)O)C(N)=O. The quantitative estimate of drug-likeness (QED) is 0.691. The number of hydrogen-bond donors (Lipinski definition) is 2. The van der Waals surface area contributed by atoms with Gasteiger partial charge in [-0.3, -0.25) is 14.4 Å². The first kappa shape index (κ1) is 21.3. The Bertz CT molecular complexity index is 853. The Hall–Kier alpha value is -2.39. The van der Waals surface area contributed by atoms with Crippen LogP contribution >= 0.6 is 0 Å². The summed E-state index contributed by atoms with van der Waals surface area (Å²) >= 11 is 0. The smallest absolute Gasteiger partial charge is 0.481 e. The Labute approximate surface area is 170 Å². The van der Waals surface area contributed by atoms with Gasteiger partial charge in [-0.15, -0.1) is 0 Å². The predicted octanol–water partition coefficient (Wildman–Crippen LogP) is 1.22. The first-order chi connectivity index (χ1) is 13.4. The molecular weight excluding hydrogens is 375 g/mol. The van der Waals surface area contributed by atoms with Gasteiger partial charge in [0.1, 0.15) is 6.04 Å². The predicted molar refractivity (Wildman–Crippen MR) is 107 cm³/mol. The van der Waals surface area contributed by atoms with Crippen LogP contribution in [0, 0.1) is 0 Å². The zero-order valence-corrected chi connectivity index (χ0v) is 17.4. The van der Waals surface area contributed by atoms with Crippen molar-refractivity contribution in [1.29, 1.82) is 0 Å². The van der Waals surface area contributed by atoms with Crippen LogP contribution in [0.1, 0.15) is 69.4 Å². The standard InChI is InChI=1S/C20H27BN2O6/c1-11-14-10-12(21-28-19(2,3)20(4,5)29-21)6-7-13(14)18(27)23(11)15(17(22)26)8-9-16(24)25/h6-7,10-11,15H,8-9H2,1-5H3,(H2,22,26)(H,24,25). The van der Waals surface area contributed by atoms with Crippen LogP contribution < -0.4 is 11.2 Å². The molecule has 2 aliphatic rings. The number of benzene rings is 1. The van der Waals surface area contributed by atoms with E-state index in [1.807, 2.05) is 33.8 Å². The van der Waals surface area contributed by atoms with E-state index < -0.39 is 42.3 Å². The molecule has 0 radical (unpaired) electrons. The highest BCUT2D eigenvalue weighted by atomic mass is 16.7. The minimum absolute atomic E-state index is 0.0289. The second-order valence-electron chi connectivity index (χ2n) is 8.67. The van der Waals surface area contributed by atoms with Crippen molar-refractivity contribution in [3.8, 4) is 0 Å². The molecule has 29 heavy (non-hydrogen) atoms. The molecule has 156 valence electrons. The number of hydrogen-bond acceptors (Lipinski definition) is 5. The van der Waals surface area contributed by atoms with Crippen molar-refractivity contribution < 1.29 is 28.8 Å². The maximum Gasteiger partial charge on any atom is 0.494 e. The van der Waals surface area contributed by atoms with Crippen LogP contribution in [0.5, 0.6) is 0 Å². The molecule has 1 aromatic carbocycles. The monoisotopic (exact) mass is 402 g/mol. The number of rotatable bonds is 6. The molecule has 2 amide bonds. The van der Waals surface area contributed by atoms with Gasteiger partial charge >= 0.3 is 13.1 Å². The first-order valence-corrected chi connectivity index (χ1v) is 9.69. The van der Waals surface area contributed by atoms with Gasteiger partial charge in [-0.25, -0.2) is 0 Å². The van der Waals surface area contributed by atoms with Gasteiger partial charge in [-0.1, -0.05) is 12.1 Å². The Morgan fingerprint density at radius 3 is 2.34 bits per heavy atom. The van der Waals surface area contributed by atoms with E-state index in [0.717, 1.165) is 11.0 Å². The average molecular weight is 402 g/mol. The number of carboxylic acids is 1. The zero-order valence-electron chi connectivity index (χ0n) is 17.4. The molecular formula is C20H27BN2O6. The number of carbonyl (C=O) groups is 3. The molecule has 2 unspecified atom stereocenters. The molecule has 9 heteroatoms. The first-order valence-electron chi connectivity index (χ1n) is 9.69. The van der Waals surface area contributed by atoms with Crippen LogP contribution in [0.2, 0.25) is 0 Å². The lowest BCUT2D eigenvalue weighted by molar-refractivity contribution is -0.137. The third-order valence-corrected chi connectivity index (χ3v) is 6.23. The summed E-state index contributed by atoms with van der Waals surface area (Å²) in [5.74, 6) is -2.09. The fourth-order valence-electron chi connectivity index (χ4n) is 3.80. The largest absolute Gasteiger partial charge is 0.494 e. The number of carbonyl (C=O) groups excluding carboxylic acids is 2. The lowest BCUT2D eigenvalue weighted by atomic mass is 9.77. The van der Waals surface area contributed by atoms with E-state index in [1.165, 1.54) is 4.90 Å². The maximum absolute atomic E-state index is 12.9. The number of nitrogens with zero attached hydrogens (tertiary/aromatic N) is 1. The van der Waals surface area contributed by atoms with Crippen molar-refractivity contribution in [1.82, 2.24) is 4.90 Å². The van der Waals surface area contributed by atoms with E-state index >= 15 is 0 Å². The third kappa shape index (κ3) is 3.64. The van der Waals surface area contributed by atoms with Crippen molar-refractivity contribution in [2.24, 2.45) is 5.73 Å². The van der Waals surface area contributed by atoms with Crippen LogP contribution in [0.4, 0.5) is 0 Å². The van der Waals surface area contributed by atoms with E-state index in [0.29, 0.717) is 5.56 Å².